The Morgan fingerprint density at radius 1 is 1.20 bits per heavy atom. The number of rotatable bonds is 4. The van der Waals surface area contributed by atoms with Crippen molar-refractivity contribution >= 4 is 5.69 Å². The highest BCUT2D eigenvalue weighted by Gasteiger charge is 2.33. The molecule has 25 heavy (non-hydrogen) atoms. The summed E-state index contributed by atoms with van der Waals surface area (Å²) in [5, 5.41) is 15.5. The van der Waals surface area contributed by atoms with Crippen LogP contribution in [0.4, 0.5) is 5.69 Å². The summed E-state index contributed by atoms with van der Waals surface area (Å²) in [6, 6.07) is 7.17. The highest BCUT2D eigenvalue weighted by molar-refractivity contribution is 5.58. The predicted molar refractivity (Wildman–Crippen MR) is 93.8 cm³/mol. The lowest BCUT2D eigenvalue weighted by molar-refractivity contribution is -0.384. The van der Waals surface area contributed by atoms with Crippen molar-refractivity contribution in [3.63, 3.8) is 0 Å². The van der Waals surface area contributed by atoms with Gasteiger partial charge in [0.05, 0.1) is 11.6 Å². The smallest absolute Gasteiger partial charge is 0.270 e. The van der Waals surface area contributed by atoms with E-state index in [2.05, 4.69) is 15.0 Å². The molecule has 0 unspecified atom stereocenters. The molecule has 7 heteroatoms. The fourth-order valence-electron chi connectivity index (χ4n) is 4.34. The zero-order valence-electron chi connectivity index (χ0n) is 14.3. The molecule has 1 aromatic heterocycles. The molecule has 132 valence electrons. The van der Waals surface area contributed by atoms with Crippen LogP contribution in [0.2, 0.25) is 0 Å². The zero-order chi connectivity index (χ0) is 17.2. The molecule has 0 amide bonds. The van der Waals surface area contributed by atoms with Gasteiger partial charge >= 0.3 is 0 Å². The maximum Gasteiger partial charge on any atom is 0.270 e. The molecule has 2 aromatic rings. The van der Waals surface area contributed by atoms with E-state index in [1.54, 1.807) is 12.4 Å². The summed E-state index contributed by atoms with van der Waals surface area (Å²) >= 11 is 0. The monoisotopic (exact) mass is 341 g/mol. The molecule has 2 fully saturated rings. The zero-order valence-corrected chi connectivity index (χ0v) is 14.3. The lowest BCUT2D eigenvalue weighted by Crippen LogP contribution is -2.47. The molecule has 1 saturated heterocycles. The molecule has 7 nitrogen and oxygen atoms in total. The number of aromatic nitrogens is 3. The van der Waals surface area contributed by atoms with Crippen LogP contribution in [0.3, 0.4) is 0 Å². The molecule has 0 N–H and O–H groups in total. The van der Waals surface area contributed by atoms with Crippen molar-refractivity contribution in [1.82, 2.24) is 19.7 Å². The van der Waals surface area contributed by atoms with E-state index in [1.165, 1.54) is 50.7 Å². The molecule has 0 radical (unpaired) electrons. The van der Waals surface area contributed by atoms with Gasteiger partial charge < -0.3 is 0 Å². The summed E-state index contributed by atoms with van der Waals surface area (Å²) < 4.78 is 1.87. The number of nitro groups is 1. The van der Waals surface area contributed by atoms with Crippen LogP contribution in [-0.2, 0) is 6.67 Å². The molecule has 2 aliphatic rings. The average Bonchev–Trinajstić information content (AvgIpc) is 3.11. The maximum atomic E-state index is 10.9. The van der Waals surface area contributed by atoms with Crippen LogP contribution in [0.15, 0.2) is 30.6 Å². The quantitative estimate of drug-likeness (QED) is 0.628. The summed E-state index contributed by atoms with van der Waals surface area (Å²) in [5.41, 5.74) is 0.747. The minimum absolute atomic E-state index is 0.0647. The lowest BCUT2D eigenvalue weighted by Gasteiger charge is -2.43. The van der Waals surface area contributed by atoms with Gasteiger partial charge in [-0.3, -0.25) is 15.0 Å². The summed E-state index contributed by atoms with van der Waals surface area (Å²) in [7, 11) is 0. The van der Waals surface area contributed by atoms with Gasteiger partial charge in [0.1, 0.15) is 6.33 Å². The van der Waals surface area contributed by atoms with Crippen LogP contribution < -0.4 is 0 Å². The second-order valence-electron chi connectivity index (χ2n) is 7.12. The van der Waals surface area contributed by atoms with Crippen molar-refractivity contribution in [2.24, 2.45) is 5.92 Å². The molecule has 4 rings (SSSR count). The Bertz CT molecular complexity index is 757. The van der Waals surface area contributed by atoms with E-state index in [-0.39, 0.29) is 5.69 Å². The number of hydrogen-bond donors (Lipinski definition) is 0. The Morgan fingerprint density at radius 3 is 2.92 bits per heavy atom. The second-order valence-corrected chi connectivity index (χ2v) is 7.12. The molecule has 1 saturated carbocycles. The van der Waals surface area contributed by atoms with Crippen LogP contribution >= 0.6 is 0 Å². The van der Waals surface area contributed by atoms with Gasteiger partial charge in [0.2, 0.25) is 0 Å². The predicted octanol–water partition coefficient (Wildman–Crippen LogP) is 3.47. The number of likely N-dealkylation sites (tertiary alicyclic amines) is 1. The van der Waals surface area contributed by atoms with E-state index in [1.807, 2.05) is 10.7 Å². The summed E-state index contributed by atoms with van der Waals surface area (Å²) in [6.07, 6.45) is 9.70. The van der Waals surface area contributed by atoms with Gasteiger partial charge in [0, 0.05) is 30.3 Å². The van der Waals surface area contributed by atoms with Crippen molar-refractivity contribution < 1.29 is 4.92 Å². The Hall–Kier alpha value is -2.28. The number of hydrogen-bond acceptors (Lipinski definition) is 5. The van der Waals surface area contributed by atoms with Crippen molar-refractivity contribution in [1.29, 1.82) is 0 Å². The Labute approximate surface area is 146 Å². The second kappa shape index (κ2) is 6.92. The average molecular weight is 341 g/mol. The van der Waals surface area contributed by atoms with Crippen molar-refractivity contribution in [3.05, 3.63) is 40.7 Å². The van der Waals surface area contributed by atoms with Gasteiger partial charge in [0.25, 0.3) is 5.69 Å². The normalized spacial score (nSPS) is 24.0. The van der Waals surface area contributed by atoms with E-state index < -0.39 is 4.92 Å². The van der Waals surface area contributed by atoms with E-state index in [9.17, 15) is 10.1 Å². The number of fused-ring (bicyclic) bond motifs is 1. The summed E-state index contributed by atoms with van der Waals surface area (Å²) in [5.74, 6) is 1.38. The minimum Gasteiger partial charge on any atom is -0.281 e. The van der Waals surface area contributed by atoms with E-state index in [0.717, 1.165) is 19.1 Å². The molecule has 1 aliphatic carbocycles. The van der Waals surface area contributed by atoms with E-state index in [4.69, 9.17) is 0 Å². The van der Waals surface area contributed by atoms with Crippen molar-refractivity contribution in [2.45, 2.75) is 51.2 Å². The number of nitro benzene ring substituents is 1. The first-order chi connectivity index (χ1) is 12.2. The first kappa shape index (κ1) is 16.2. The Kier molecular flexibility index (Phi) is 4.48. The lowest BCUT2D eigenvalue weighted by atomic mass is 9.78. The molecular weight excluding hydrogens is 318 g/mol. The largest absolute Gasteiger partial charge is 0.281 e. The number of benzene rings is 1. The third-order valence-electron chi connectivity index (χ3n) is 5.54. The van der Waals surface area contributed by atoms with Gasteiger partial charge in [-0.15, -0.1) is 5.10 Å². The van der Waals surface area contributed by atoms with Gasteiger partial charge in [-0.1, -0.05) is 25.0 Å². The molecule has 0 bridgehead atoms. The molecule has 2 heterocycles. The maximum absolute atomic E-state index is 10.9. The molecular formula is C18H23N5O2. The first-order valence-corrected chi connectivity index (χ1v) is 9.09. The van der Waals surface area contributed by atoms with Gasteiger partial charge in [0.15, 0.2) is 5.82 Å². The molecule has 2 atom stereocenters. The van der Waals surface area contributed by atoms with Crippen LogP contribution in [0.5, 0.6) is 0 Å². The minimum atomic E-state index is -0.391. The van der Waals surface area contributed by atoms with Gasteiger partial charge in [-0.2, -0.15) is 0 Å². The molecule has 1 aromatic carbocycles. The Morgan fingerprint density at radius 2 is 2.04 bits per heavy atom. The van der Waals surface area contributed by atoms with Crippen LogP contribution in [-0.4, -0.2) is 37.2 Å². The third kappa shape index (κ3) is 3.42. The van der Waals surface area contributed by atoms with Crippen LogP contribution in [0.1, 0.15) is 38.5 Å². The van der Waals surface area contributed by atoms with Crippen LogP contribution in [0.25, 0.3) is 11.4 Å². The van der Waals surface area contributed by atoms with Crippen molar-refractivity contribution in [3.8, 4) is 11.4 Å². The topological polar surface area (TPSA) is 77.1 Å². The first-order valence-electron chi connectivity index (χ1n) is 9.09. The van der Waals surface area contributed by atoms with Crippen molar-refractivity contribution in [2.75, 3.05) is 6.54 Å². The fraction of sp³-hybridized carbons (Fsp3) is 0.556. The van der Waals surface area contributed by atoms with Crippen LogP contribution in [0, 0.1) is 16.0 Å². The third-order valence-corrected chi connectivity index (χ3v) is 5.54. The number of non-ortho nitro benzene ring substituents is 1. The van der Waals surface area contributed by atoms with Gasteiger partial charge in [-0.05, 0) is 31.6 Å². The highest BCUT2D eigenvalue weighted by atomic mass is 16.6. The van der Waals surface area contributed by atoms with E-state index in [0.29, 0.717) is 17.4 Å². The standard InChI is InChI=1S/C18H23N5O2/c24-23(25)16-8-3-6-15(11-16)18-19-12-22(20-18)13-21-10-4-7-14-5-1-2-9-17(14)21/h3,6,8,11-12,14,17H,1-2,4-5,7,9-10,13H2/t14-,17-/m1/s1. The summed E-state index contributed by atoms with van der Waals surface area (Å²) in [6.45, 7) is 1.87. The van der Waals surface area contributed by atoms with Gasteiger partial charge in [-0.25, -0.2) is 9.67 Å². The SMILES string of the molecule is O=[N+]([O-])c1cccc(-c2ncn(CN3CCC[C@H]4CCCC[C@H]43)n2)c1. The number of nitrogens with zero attached hydrogens (tertiary/aromatic N) is 5. The fourth-order valence-corrected chi connectivity index (χ4v) is 4.34. The molecule has 0 spiro atoms. The number of piperidine rings is 1. The molecule has 1 aliphatic heterocycles. The summed E-state index contributed by atoms with van der Waals surface area (Å²) in [4.78, 5) is 17.4. The Balaban J connectivity index is 1.49. The highest BCUT2D eigenvalue weighted by Crippen LogP contribution is 2.35. The van der Waals surface area contributed by atoms with E-state index >= 15 is 0 Å².